The molecule has 0 aliphatic carbocycles. The number of carbonyl (C=O) groups excluding carboxylic acids is 1. The summed E-state index contributed by atoms with van der Waals surface area (Å²) in [7, 11) is 0. The van der Waals surface area contributed by atoms with Crippen molar-refractivity contribution in [1.29, 1.82) is 0 Å². The standard InChI is InChI=1S/C14H22N2O2/c1-14(2,3)9-16-13(18)12(15)8-10-4-6-11(17)7-5-10/h4-7,12,17H,8-9,15H2,1-3H3,(H,16,18). The van der Waals surface area contributed by atoms with Crippen LogP contribution in [0.25, 0.3) is 0 Å². The first-order valence-electron chi connectivity index (χ1n) is 6.09. The Morgan fingerprint density at radius 1 is 1.33 bits per heavy atom. The molecule has 0 aliphatic heterocycles. The van der Waals surface area contributed by atoms with E-state index in [0.29, 0.717) is 13.0 Å². The second kappa shape index (κ2) is 5.87. The lowest BCUT2D eigenvalue weighted by atomic mass is 9.96. The Morgan fingerprint density at radius 2 is 1.89 bits per heavy atom. The maximum Gasteiger partial charge on any atom is 0.237 e. The maximum atomic E-state index is 11.8. The molecule has 1 unspecified atom stereocenters. The van der Waals surface area contributed by atoms with Crippen LogP contribution < -0.4 is 11.1 Å². The number of nitrogens with two attached hydrogens (primary N) is 1. The van der Waals surface area contributed by atoms with E-state index >= 15 is 0 Å². The van der Waals surface area contributed by atoms with Crippen molar-refractivity contribution in [3.8, 4) is 5.75 Å². The highest BCUT2D eigenvalue weighted by molar-refractivity contribution is 5.81. The van der Waals surface area contributed by atoms with Crippen molar-refractivity contribution in [2.75, 3.05) is 6.54 Å². The summed E-state index contributed by atoms with van der Waals surface area (Å²) in [5.41, 5.74) is 6.83. The van der Waals surface area contributed by atoms with Gasteiger partial charge in [-0.05, 0) is 29.5 Å². The largest absolute Gasteiger partial charge is 0.508 e. The van der Waals surface area contributed by atoms with Gasteiger partial charge in [-0.15, -0.1) is 0 Å². The SMILES string of the molecule is CC(C)(C)CNC(=O)C(N)Cc1ccc(O)cc1. The number of nitrogens with one attached hydrogen (secondary N) is 1. The topological polar surface area (TPSA) is 75.4 Å². The molecule has 0 radical (unpaired) electrons. The average Bonchev–Trinajstić information content (AvgIpc) is 2.28. The van der Waals surface area contributed by atoms with E-state index in [4.69, 9.17) is 10.8 Å². The predicted octanol–water partition coefficient (Wildman–Crippen LogP) is 1.42. The first-order chi connectivity index (χ1) is 8.28. The molecule has 0 aromatic heterocycles. The van der Waals surface area contributed by atoms with Crippen molar-refractivity contribution in [3.63, 3.8) is 0 Å². The molecule has 4 N–H and O–H groups in total. The van der Waals surface area contributed by atoms with Crippen LogP contribution in [0.1, 0.15) is 26.3 Å². The molecule has 1 rings (SSSR count). The van der Waals surface area contributed by atoms with Crippen LogP contribution in [0.3, 0.4) is 0 Å². The Bertz CT molecular complexity index is 393. The lowest BCUT2D eigenvalue weighted by Crippen LogP contribution is -2.44. The number of hydrogen-bond donors (Lipinski definition) is 3. The molecule has 0 aliphatic rings. The van der Waals surface area contributed by atoms with Gasteiger partial charge in [-0.1, -0.05) is 32.9 Å². The Kier molecular flexibility index (Phi) is 4.73. The molecule has 0 fully saturated rings. The van der Waals surface area contributed by atoms with E-state index in [1.54, 1.807) is 24.3 Å². The number of phenolic OH excluding ortho intramolecular Hbond substituents is 1. The van der Waals surface area contributed by atoms with Crippen LogP contribution in [0.15, 0.2) is 24.3 Å². The monoisotopic (exact) mass is 250 g/mol. The molecule has 1 atom stereocenters. The minimum Gasteiger partial charge on any atom is -0.508 e. The first kappa shape index (κ1) is 14.5. The van der Waals surface area contributed by atoms with Crippen molar-refractivity contribution >= 4 is 5.91 Å². The Morgan fingerprint density at radius 3 is 2.39 bits per heavy atom. The summed E-state index contributed by atoms with van der Waals surface area (Å²) >= 11 is 0. The zero-order valence-electron chi connectivity index (χ0n) is 11.2. The highest BCUT2D eigenvalue weighted by atomic mass is 16.3. The van der Waals surface area contributed by atoms with Gasteiger partial charge in [0.15, 0.2) is 0 Å². The van der Waals surface area contributed by atoms with Gasteiger partial charge < -0.3 is 16.2 Å². The number of benzene rings is 1. The quantitative estimate of drug-likeness (QED) is 0.756. The number of carbonyl (C=O) groups is 1. The third-order valence-electron chi connectivity index (χ3n) is 2.52. The van der Waals surface area contributed by atoms with Crippen LogP contribution in [0.5, 0.6) is 5.75 Å². The second-order valence-electron chi connectivity index (χ2n) is 5.76. The fourth-order valence-corrected chi connectivity index (χ4v) is 1.46. The molecule has 100 valence electrons. The Hall–Kier alpha value is -1.55. The zero-order chi connectivity index (χ0) is 13.8. The van der Waals surface area contributed by atoms with Crippen LogP contribution in [-0.4, -0.2) is 23.6 Å². The molecular formula is C14H22N2O2. The van der Waals surface area contributed by atoms with Gasteiger partial charge in [-0.3, -0.25) is 4.79 Å². The molecule has 1 amide bonds. The summed E-state index contributed by atoms with van der Waals surface area (Å²) in [6, 6.07) is 6.17. The second-order valence-corrected chi connectivity index (χ2v) is 5.76. The van der Waals surface area contributed by atoms with Crippen LogP contribution in [0.4, 0.5) is 0 Å². The molecule has 1 aromatic carbocycles. The Balaban J connectivity index is 2.47. The number of rotatable bonds is 4. The molecule has 0 heterocycles. The van der Waals surface area contributed by atoms with Gasteiger partial charge in [0.1, 0.15) is 5.75 Å². The van der Waals surface area contributed by atoms with Crippen molar-refractivity contribution in [1.82, 2.24) is 5.32 Å². The molecule has 4 heteroatoms. The number of aromatic hydroxyl groups is 1. The van der Waals surface area contributed by atoms with Gasteiger partial charge in [-0.2, -0.15) is 0 Å². The summed E-state index contributed by atoms with van der Waals surface area (Å²) in [5, 5.41) is 12.0. The highest BCUT2D eigenvalue weighted by Gasteiger charge is 2.17. The van der Waals surface area contributed by atoms with Crippen LogP contribution >= 0.6 is 0 Å². The number of amides is 1. The van der Waals surface area contributed by atoms with Crippen LogP contribution in [0, 0.1) is 5.41 Å². The minimum atomic E-state index is -0.558. The van der Waals surface area contributed by atoms with E-state index in [2.05, 4.69) is 26.1 Å². The fraction of sp³-hybridized carbons (Fsp3) is 0.500. The van der Waals surface area contributed by atoms with Gasteiger partial charge in [-0.25, -0.2) is 0 Å². The molecule has 0 saturated carbocycles. The first-order valence-corrected chi connectivity index (χ1v) is 6.09. The molecule has 0 spiro atoms. The van der Waals surface area contributed by atoms with E-state index < -0.39 is 6.04 Å². The van der Waals surface area contributed by atoms with E-state index in [1.807, 2.05) is 0 Å². The van der Waals surface area contributed by atoms with Crippen molar-refractivity contribution in [2.24, 2.45) is 11.1 Å². The van der Waals surface area contributed by atoms with Crippen LogP contribution in [-0.2, 0) is 11.2 Å². The molecule has 4 nitrogen and oxygen atoms in total. The summed E-state index contributed by atoms with van der Waals surface area (Å²) in [5.74, 6) is 0.0718. The van der Waals surface area contributed by atoms with E-state index in [-0.39, 0.29) is 17.1 Å². The molecule has 1 aromatic rings. The van der Waals surface area contributed by atoms with Crippen molar-refractivity contribution in [3.05, 3.63) is 29.8 Å². The zero-order valence-corrected chi connectivity index (χ0v) is 11.2. The summed E-state index contributed by atoms with van der Waals surface area (Å²) in [4.78, 5) is 11.8. The third kappa shape index (κ3) is 5.19. The summed E-state index contributed by atoms with van der Waals surface area (Å²) < 4.78 is 0. The van der Waals surface area contributed by atoms with E-state index in [0.717, 1.165) is 5.56 Å². The summed E-state index contributed by atoms with van der Waals surface area (Å²) in [6.07, 6.45) is 0.469. The predicted molar refractivity (Wildman–Crippen MR) is 72.3 cm³/mol. The Labute approximate surface area is 108 Å². The molecular weight excluding hydrogens is 228 g/mol. The van der Waals surface area contributed by atoms with E-state index in [1.165, 1.54) is 0 Å². The maximum absolute atomic E-state index is 11.8. The molecule has 0 saturated heterocycles. The fourth-order valence-electron chi connectivity index (χ4n) is 1.46. The lowest BCUT2D eigenvalue weighted by Gasteiger charge is -2.20. The normalized spacial score (nSPS) is 13.1. The van der Waals surface area contributed by atoms with Crippen molar-refractivity contribution < 1.29 is 9.90 Å². The molecule has 0 bridgehead atoms. The molecule has 18 heavy (non-hydrogen) atoms. The number of phenols is 1. The highest BCUT2D eigenvalue weighted by Crippen LogP contribution is 2.12. The third-order valence-corrected chi connectivity index (χ3v) is 2.52. The number of hydrogen-bond acceptors (Lipinski definition) is 3. The van der Waals surface area contributed by atoms with Gasteiger partial charge in [0.2, 0.25) is 5.91 Å². The van der Waals surface area contributed by atoms with Gasteiger partial charge in [0.05, 0.1) is 6.04 Å². The van der Waals surface area contributed by atoms with Crippen LogP contribution in [0.2, 0.25) is 0 Å². The lowest BCUT2D eigenvalue weighted by molar-refractivity contribution is -0.122. The summed E-state index contributed by atoms with van der Waals surface area (Å²) in [6.45, 7) is 6.77. The van der Waals surface area contributed by atoms with Gasteiger partial charge >= 0.3 is 0 Å². The van der Waals surface area contributed by atoms with Gasteiger partial charge in [0, 0.05) is 6.54 Å². The van der Waals surface area contributed by atoms with Gasteiger partial charge in [0.25, 0.3) is 0 Å². The van der Waals surface area contributed by atoms with Crippen molar-refractivity contribution in [2.45, 2.75) is 33.2 Å². The smallest absolute Gasteiger partial charge is 0.237 e. The minimum absolute atomic E-state index is 0.0495. The average molecular weight is 250 g/mol. The van der Waals surface area contributed by atoms with E-state index in [9.17, 15) is 4.79 Å².